The number of nitrogens with zero attached hydrogens (tertiary/aromatic N) is 2. The van der Waals surface area contributed by atoms with E-state index in [0.717, 1.165) is 0 Å². The Balaban J connectivity index is 2.46. The van der Waals surface area contributed by atoms with E-state index in [1.165, 1.54) is 6.07 Å². The number of carbonyl (C=O) groups is 1. The highest BCUT2D eigenvalue weighted by atomic mass is 79.9. The van der Waals surface area contributed by atoms with Crippen molar-refractivity contribution >= 4 is 21.9 Å². The van der Waals surface area contributed by atoms with Gasteiger partial charge in [0.05, 0.1) is 5.56 Å². The van der Waals surface area contributed by atoms with Crippen LogP contribution in [0.25, 0.3) is 11.3 Å². The Morgan fingerprint density at radius 1 is 1.53 bits per heavy atom. The molecule has 0 spiro atoms. The fourth-order valence-corrected chi connectivity index (χ4v) is 1.52. The van der Waals surface area contributed by atoms with E-state index >= 15 is 0 Å². The molecule has 6 heteroatoms. The van der Waals surface area contributed by atoms with Crippen LogP contribution in [0, 0.1) is 0 Å². The normalized spacial score (nSPS) is 10.2. The fourth-order valence-electron chi connectivity index (χ4n) is 1.07. The third-order valence-corrected chi connectivity index (χ3v) is 2.39. The van der Waals surface area contributed by atoms with Crippen LogP contribution in [0.1, 0.15) is 10.5 Å². The third-order valence-electron chi connectivity index (χ3n) is 1.75. The van der Waals surface area contributed by atoms with Crippen molar-refractivity contribution in [3.05, 3.63) is 34.7 Å². The Bertz CT molecular complexity index is 510. The zero-order chi connectivity index (χ0) is 10.8. The van der Waals surface area contributed by atoms with Crippen LogP contribution in [0.4, 0.5) is 0 Å². The smallest absolute Gasteiger partial charge is 0.358 e. The zero-order valence-corrected chi connectivity index (χ0v) is 8.93. The lowest BCUT2D eigenvalue weighted by molar-refractivity contribution is 0.0686. The summed E-state index contributed by atoms with van der Waals surface area (Å²) in [6.45, 7) is 0. The predicted octanol–water partition coefficient (Wildman–Crippen LogP) is 2.20. The molecule has 0 saturated heterocycles. The summed E-state index contributed by atoms with van der Waals surface area (Å²) in [6.07, 6.45) is 1.61. The molecule has 0 amide bonds. The number of carboxylic acids is 1. The van der Waals surface area contributed by atoms with E-state index < -0.39 is 5.97 Å². The Morgan fingerprint density at radius 2 is 2.33 bits per heavy atom. The first-order chi connectivity index (χ1) is 7.18. The largest absolute Gasteiger partial charge is 0.476 e. The third kappa shape index (κ3) is 1.89. The summed E-state index contributed by atoms with van der Waals surface area (Å²) < 4.78 is 5.47. The van der Waals surface area contributed by atoms with Crippen molar-refractivity contribution in [2.75, 3.05) is 0 Å². The van der Waals surface area contributed by atoms with Crippen molar-refractivity contribution in [3.8, 4) is 11.3 Å². The lowest BCUT2D eigenvalue weighted by atomic mass is 10.2. The first-order valence-corrected chi connectivity index (χ1v) is 4.78. The monoisotopic (exact) mass is 268 g/mol. The minimum atomic E-state index is -1.12. The van der Waals surface area contributed by atoms with Gasteiger partial charge in [-0.05, 0) is 28.1 Å². The Morgan fingerprint density at radius 3 is 2.93 bits per heavy atom. The van der Waals surface area contributed by atoms with Crippen molar-refractivity contribution in [2.24, 2.45) is 0 Å². The molecule has 0 atom stereocenters. The van der Waals surface area contributed by atoms with Gasteiger partial charge in [0, 0.05) is 12.3 Å². The summed E-state index contributed by atoms with van der Waals surface area (Å²) in [4.78, 5) is 14.6. The Labute approximate surface area is 92.9 Å². The molecule has 2 heterocycles. The average molecular weight is 269 g/mol. The van der Waals surface area contributed by atoms with Crippen LogP contribution >= 0.6 is 15.9 Å². The Hall–Kier alpha value is -1.69. The van der Waals surface area contributed by atoms with Crippen molar-refractivity contribution < 1.29 is 14.4 Å². The standard InChI is InChI=1S/C9H5BrN2O3/c10-8-5(2-1-3-11-8)7-4-6(9(13)14)12-15-7/h1-4H,(H,13,14). The summed E-state index contributed by atoms with van der Waals surface area (Å²) >= 11 is 3.23. The molecule has 2 aromatic heterocycles. The summed E-state index contributed by atoms with van der Waals surface area (Å²) in [5, 5.41) is 12.1. The number of aromatic nitrogens is 2. The molecule has 0 bridgehead atoms. The summed E-state index contributed by atoms with van der Waals surface area (Å²) in [7, 11) is 0. The first kappa shape index (κ1) is 9.85. The van der Waals surface area contributed by atoms with Crippen LogP contribution in [0.5, 0.6) is 0 Å². The molecule has 0 unspecified atom stereocenters. The minimum Gasteiger partial charge on any atom is -0.476 e. The second kappa shape index (κ2) is 3.82. The quantitative estimate of drug-likeness (QED) is 0.845. The maximum absolute atomic E-state index is 10.6. The molecule has 0 aromatic carbocycles. The van der Waals surface area contributed by atoms with Gasteiger partial charge in [0.15, 0.2) is 11.5 Å². The van der Waals surface area contributed by atoms with Crippen LogP contribution in [-0.2, 0) is 0 Å². The number of pyridine rings is 1. The first-order valence-electron chi connectivity index (χ1n) is 3.99. The molecular weight excluding hydrogens is 264 g/mol. The number of hydrogen-bond donors (Lipinski definition) is 1. The van der Waals surface area contributed by atoms with Crippen LogP contribution in [0.3, 0.4) is 0 Å². The van der Waals surface area contributed by atoms with Gasteiger partial charge in [-0.3, -0.25) is 0 Å². The molecule has 76 valence electrons. The topological polar surface area (TPSA) is 76.2 Å². The second-order valence-corrected chi connectivity index (χ2v) is 3.47. The average Bonchev–Trinajstić information content (AvgIpc) is 2.67. The maximum atomic E-state index is 10.6. The summed E-state index contributed by atoms with van der Waals surface area (Å²) in [5.74, 6) is -0.752. The van der Waals surface area contributed by atoms with Crippen molar-refractivity contribution in [1.82, 2.24) is 10.1 Å². The van der Waals surface area contributed by atoms with Gasteiger partial charge in [-0.1, -0.05) is 5.16 Å². The number of carboxylic acid groups (broad SMARTS) is 1. The van der Waals surface area contributed by atoms with Crippen LogP contribution in [0.15, 0.2) is 33.5 Å². The van der Waals surface area contributed by atoms with Crippen molar-refractivity contribution in [1.29, 1.82) is 0 Å². The maximum Gasteiger partial charge on any atom is 0.358 e. The highest BCUT2D eigenvalue weighted by Gasteiger charge is 2.14. The van der Waals surface area contributed by atoms with Gasteiger partial charge in [0.2, 0.25) is 0 Å². The molecule has 0 radical (unpaired) electrons. The highest BCUT2D eigenvalue weighted by molar-refractivity contribution is 9.10. The van der Waals surface area contributed by atoms with Gasteiger partial charge in [-0.2, -0.15) is 0 Å². The molecular formula is C9H5BrN2O3. The van der Waals surface area contributed by atoms with E-state index in [1.54, 1.807) is 18.3 Å². The van der Waals surface area contributed by atoms with E-state index in [1.807, 2.05) is 0 Å². The zero-order valence-electron chi connectivity index (χ0n) is 7.35. The van der Waals surface area contributed by atoms with Gasteiger partial charge >= 0.3 is 5.97 Å². The van der Waals surface area contributed by atoms with E-state index in [2.05, 4.69) is 26.1 Å². The molecule has 0 aliphatic heterocycles. The molecule has 2 aromatic rings. The van der Waals surface area contributed by atoms with E-state index in [-0.39, 0.29) is 5.69 Å². The number of rotatable bonds is 2. The molecule has 1 N–H and O–H groups in total. The van der Waals surface area contributed by atoms with Crippen LogP contribution < -0.4 is 0 Å². The van der Waals surface area contributed by atoms with Crippen molar-refractivity contribution in [2.45, 2.75) is 0 Å². The van der Waals surface area contributed by atoms with Crippen LogP contribution in [0.2, 0.25) is 0 Å². The van der Waals surface area contributed by atoms with Gasteiger partial charge < -0.3 is 9.63 Å². The molecule has 15 heavy (non-hydrogen) atoms. The van der Waals surface area contributed by atoms with Gasteiger partial charge in [-0.25, -0.2) is 9.78 Å². The number of hydrogen-bond acceptors (Lipinski definition) is 4. The van der Waals surface area contributed by atoms with E-state index in [0.29, 0.717) is 15.9 Å². The van der Waals surface area contributed by atoms with Crippen molar-refractivity contribution in [3.63, 3.8) is 0 Å². The van der Waals surface area contributed by atoms with E-state index in [4.69, 9.17) is 9.63 Å². The SMILES string of the molecule is O=C(O)c1cc(-c2cccnc2Br)on1. The van der Waals surface area contributed by atoms with Crippen LogP contribution in [-0.4, -0.2) is 21.2 Å². The molecule has 0 aliphatic rings. The molecule has 0 aliphatic carbocycles. The number of aromatic carboxylic acids is 1. The molecule has 2 rings (SSSR count). The van der Waals surface area contributed by atoms with Gasteiger partial charge in [-0.15, -0.1) is 0 Å². The second-order valence-electron chi connectivity index (χ2n) is 2.72. The lowest BCUT2D eigenvalue weighted by Gasteiger charge is -1.95. The molecule has 0 fully saturated rings. The predicted molar refractivity (Wildman–Crippen MR) is 54.4 cm³/mol. The Kier molecular flexibility index (Phi) is 2.51. The summed E-state index contributed by atoms with van der Waals surface area (Å²) in [6, 6.07) is 4.83. The van der Waals surface area contributed by atoms with E-state index in [9.17, 15) is 4.79 Å². The van der Waals surface area contributed by atoms with Gasteiger partial charge in [0.1, 0.15) is 4.60 Å². The molecule has 5 nitrogen and oxygen atoms in total. The summed E-state index contributed by atoms with van der Waals surface area (Å²) in [5.41, 5.74) is 0.540. The fraction of sp³-hybridized carbons (Fsp3) is 0. The van der Waals surface area contributed by atoms with Gasteiger partial charge in [0.25, 0.3) is 0 Å². The molecule has 0 saturated carbocycles. The lowest BCUT2D eigenvalue weighted by Crippen LogP contribution is -1.94. The number of halogens is 1. The minimum absolute atomic E-state index is 0.124. The highest BCUT2D eigenvalue weighted by Crippen LogP contribution is 2.26.